The van der Waals surface area contributed by atoms with Gasteiger partial charge in [-0.2, -0.15) is 0 Å². The zero-order valence-corrected chi connectivity index (χ0v) is 15.0. The molecule has 1 aromatic carbocycles. The first-order valence-corrected chi connectivity index (χ1v) is 8.71. The third-order valence-electron chi connectivity index (χ3n) is 4.82. The normalized spacial score (nSPS) is 19.1. The summed E-state index contributed by atoms with van der Waals surface area (Å²) in [5.74, 6) is -0.289. The summed E-state index contributed by atoms with van der Waals surface area (Å²) in [6.45, 7) is 6.75. The summed E-state index contributed by atoms with van der Waals surface area (Å²) in [5.41, 5.74) is 0.467. The molecule has 0 atom stereocenters. The lowest BCUT2D eigenvalue weighted by molar-refractivity contribution is -0.0273. The number of nitrogens with zero attached hydrogens (tertiary/aromatic N) is 1. The molecule has 136 valence electrons. The Labute approximate surface area is 147 Å². The number of hydrogen-bond donors (Lipinski definition) is 1. The number of aromatic carboxylic acids is 1. The van der Waals surface area contributed by atoms with Crippen molar-refractivity contribution in [3.63, 3.8) is 0 Å². The third-order valence-corrected chi connectivity index (χ3v) is 4.82. The van der Waals surface area contributed by atoms with Gasteiger partial charge < -0.3 is 19.5 Å². The summed E-state index contributed by atoms with van der Waals surface area (Å²) in [5, 5.41) is 9.16. The number of fused-ring (bicyclic) bond motifs is 1. The lowest BCUT2D eigenvalue weighted by atomic mass is 9.83. The molecule has 1 spiro atoms. The van der Waals surface area contributed by atoms with Crippen LogP contribution in [-0.4, -0.2) is 46.4 Å². The van der Waals surface area contributed by atoms with E-state index in [2.05, 4.69) is 0 Å². The van der Waals surface area contributed by atoms with E-state index < -0.39 is 11.6 Å². The topological polar surface area (TPSA) is 76.1 Å². The second-order valence-electron chi connectivity index (χ2n) is 7.88. The molecule has 1 aromatic rings. The number of likely N-dealkylation sites (tertiary alicyclic amines) is 1. The van der Waals surface area contributed by atoms with Crippen LogP contribution in [0.1, 0.15) is 56.0 Å². The Kier molecular flexibility index (Phi) is 4.39. The van der Waals surface area contributed by atoms with Crippen LogP contribution in [-0.2, 0) is 11.2 Å². The Morgan fingerprint density at radius 1 is 1.20 bits per heavy atom. The van der Waals surface area contributed by atoms with Crippen LogP contribution in [0, 0.1) is 0 Å². The van der Waals surface area contributed by atoms with Crippen molar-refractivity contribution in [2.75, 3.05) is 13.1 Å². The van der Waals surface area contributed by atoms with Crippen LogP contribution in [0.25, 0.3) is 0 Å². The average molecular weight is 347 g/mol. The fourth-order valence-corrected chi connectivity index (χ4v) is 3.41. The summed E-state index contributed by atoms with van der Waals surface area (Å²) in [6.07, 6.45) is 2.91. The summed E-state index contributed by atoms with van der Waals surface area (Å²) < 4.78 is 11.7. The molecule has 2 heterocycles. The van der Waals surface area contributed by atoms with Crippen molar-refractivity contribution >= 4 is 12.1 Å². The maximum absolute atomic E-state index is 12.2. The number of carboxylic acid groups (broad SMARTS) is 1. The van der Waals surface area contributed by atoms with Crippen LogP contribution in [0.4, 0.5) is 4.79 Å². The predicted molar refractivity (Wildman–Crippen MR) is 92.1 cm³/mol. The van der Waals surface area contributed by atoms with E-state index in [1.165, 1.54) is 0 Å². The number of carbonyl (C=O) groups is 2. The van der Waals surface area contributed by atoms with Gasteiger partial charge in [0.25, 0.3) is 0 Å². The van der Waals surface area contributed by atoms with Gasteiger partial charge in [-0.1, -0.05) is 6.07 Å². The number of amides is 1. The second kappa shape index (κ2) is 6.24. The smallest absolute Gasteiger partial charge is 0.410 e. The molecular weight excluding hydrogens is 322 g/mol. The number of benzene rings is 1. The average Bonchev–Trinajstić information content (AvgIpc) is 2.53. The van der Waals surface area contributed by atoms with Gasteiger partial charge in [0, 0.05) is 25.9 Å². The number of rotatable bonds is 1. The minimum Gasteiger partial charge on any atom is -0.487 e. The third kappa shape index (κ3) is 3.89. The second-order valence-corrected chi connectivity index (χ2v) is 7.88. The molecule has 1 N–H and O–H groups in total. The molecule has 1 fully saturated rings. The quantitative estimate of drug-likeness (QED) is 0.842. The van der Waals surface area contributed by atoms with Gasteiger partial charge in [0.1, 0.15) is 17.0 Å². The Balaban J connectivity index is 1.67. The summed E-state index contributed by atoms with van der Waals surface area (Å²) >= 11 is 0. The summed E-state index contributed by atoms with van der Waals surface area (Å²) in [7, 11) is 0. The molecule has 0 bridgehead atoms. The number of carbonyl (C=O) groups excluding carboxylic acids is 1. The molecule has 0 saturated carbocycles. The highest BCUT2D eigenvalue weighted by molar-refractivity contribution is 5.88. The molecule has 2 aliphatic heterocycles. The van der Waals surface area contributed by atoms with Gasteiger partial charge in [0.15, 0.2) is 0 Å². The van der Waals surface area contributed by atoms with Crippen LogP contribution in [0.2, 0.25) is 0 Å². The molecule has 1 amide bonds. The Morgan fingerprint density at radius 2 is 1.88 bits per heavy atom. The van der Waals surface area contributed by atoms with E-state index in [4.69, 9.17) is 14.6 Å². The van der Waals surface area contributed by atoms with Crippen molar-refractivity contribution in [2.24, 2.45) is 0 Å². The van der Waals surface area contributed by atoms with Crippen molar-refractivity contribution in [3.8, 4) is 5.75 Å². The van der Waals surface area contributed by atoms with E-state index in [0.29, 0.717) is 18.8 Å². The van der Waals surface area contributed by atoms with E-state index in [0.717, 1.165) is 31.2 Å². The molecule has 25 heavy (non-hydrogen) atoms. The first kappa shape index (κ1) is 17.6. The van der Waals surface area contributed by atoms with Crippen molar-refractivity contribution in [1.29, 1.82) is 0 Å². The number of carboxylic acids is 1. The SMILES string of the molecule is CC(C)(C)OC(=O)N1CCC2(CCc3ccc(C(=O)O)cc3O2)CC1. The highest BCUT2D eigenvalue weighted by atomic mass is 16.6. The fourth-order valence-electron chi connectivity index (χ4n) is 3.41. The maximum Gasteiger partial charge on any atom is 0.410 e. The molecule has 0 aliphatic carbocycles. The van der Waals surface area contributed by atoms with E-state index in [1.807, 2.05) is 26.8 Å². The lowest BCUT2D eigenvalue weighted by Gasteiger charge is -2.44. The Morgan fingerprint density at radius 3 is 2.48 bits per heavy atom. The Hall–Kier alpha value is -2.24. The van der Waals surface area contributed by atoms with Gasteiger partial charge in [0.2, 0.25) is 0 Å². The zero-order valence-electron chi connectivity index (χ0n) is 15.0. The highest BCUT2D eigenvalue weighted by Crippen LogP contribution is 2.40. The van der Waals surface area contributed by atoms with Gasteiger partial charge in [-0.05, 0) is 51.3 Å². The molecule has 0 radical (unpaired) electrons. The first-order chi connectivity index (χ1) is 11.7. The number of aryl methyl sites for hydroxylation is 1. The molecule has 6 nitrogen and oxygen atoms in total. The van der Waals surface area contributed by atoms with Gasteiger partial charge >= 0.3 is 12.1 Å². The minimum atomic E-state index is -0.953. The monoisotopic (exact) mass is 347 g/mol. The molecule has 2 aliphatic rings. The first-order valence-electron chi connectivity index (χ1n) is 8.71. The van der Waals surface area contributed by atoms with Crippen molar-refractivity contribution in [3.05, 3.63) is 29.3 Å². The fraction of sp³-hybridized carbons (Fsp3) is 0.579. The van der Waals surface area contributed by atoms with Crippen molar-refractivity contribution < 1.29 is 24.2 Å². The zero-order chi connectivity index (χ0) is 18.2. The molecule has 1 saturated heterocycles. The van der Waals surface area contributed by atoms with E-state index >= 15 is 0 Å². The van der Waals surface area contributed by atoms with Crippen LogP contribution in [0.15, 0.2) is 18.2 Å². The van der Waals surface area contributed by atoms with Crippen LogP contribution in [0.3, 0.4) is 0 Å². The molecule has 0 aromatic heterocycles. The summed E-state index contributed by atoms with van der Waals surface area (Å²) in [6, 6.07) is 5.06. The van der Waals surface area contributed by atoms with Crippen LogP contribution in [0.5, 0.6) is 5.75 Å². The van der Waals surface area contributed by atoms with Gasteiger partial charge in [-0.3, -0.25) is 0 Å². The minimum absolute atomic E-state index is 0.238. The highest BCUT2D eigenvalue weighted by Gasteiger charge is 2.41. The van der Waals surface area contributed by atoms with Crippen molar-refractivity contribution in [1.82, 2.24) is 4.90 Å². The Bertz CT molecular complexity index is 684. The van der Waals surface area contributed by atoms with Gasteiger partial charge in [-0.25, -0.2) is 9.59 Å². The number of piperidine rings is 1. The number of hydrogen-bond acceptors (Lipinski definition) is 4. The van der Waals surface area contributed by atoms with E-state index in [-0.39, 0.29) is 17.3 Å². The molecule has 0 unspecified atom stereocenters. The van der Waals surface area contributed by atoms with Crippen LogP contribution >= 0.6 is 0 Å². The largest absolute Gasteiger partial charge is 0.487 e. The van der Waals surface area contributed by atoms with Crippen LogP contribution < -0.4 is 4.74 Å². The summed E-state index contributed by atoms with van der Waals surface area (Å²) in [4.78, 5) is 25.1. The predicted octanol–water partition coefficient (Wildman–Crippen LogP) is 3.48. The van der Waals surface area contributed by atoms with Gasteiger partial charge in [-0.15, -0.1) is 0 Å². The number of ether oxygens (including phenoxy) is 2. The lowest BCUT2D eigenvalue weighted by Crippen LogP contribution is -2.52. The van der Waals surface area contributed by atoms with E-state index in [1.54, 1.807) is 17.0 Å². The maximum atomic E-state index is 12.2. The van der Waals surface area contributed by atoms with E-state index in [9.17, 15) is 9.59 Å². The molecular formula is C19H25NO5. The standard InChI is InChI=1S/C19H25NO5/c1-18(2,3)25-17(23)20-10-8-19(9-11-20)7-6-13-4-5-14(16(21)22)12-15(13)24-19/h4-5,12H,6-11H2,1-3H3,(H,21,22). The van der Waals surface area contributed by atoms with Crippen molar-refractivity contribution in [2.45, 2.75) is 57.7 Å². The molecule has 6 heteroatoms. The van der Waals surface area contributed by atoms with Gasteiger partial charge in [0.05, 0.1) is 5.56 Å². The molecule has 3 rings (SSSR count).